The highest BCUT2D eigenvalue weighted by Gasteiger charge is 2.29. The minimum atomic E-state index is 0.832. The molecule has 0 amide bonds. The van der Waals surface area contributed by atoms with Crippen LogP contribution in [0.4, 0.5) is 5.69 Å². The van der Waals surface area contributed by atoms with Crippen LogP contribution >= 0.6 is 0 Å². The normalized spacial score (nSPS) is 26.0. The first-order valence-corrected chi connectivity index (χ1v) is 7.99. The third-order valence-corrected chi connectivity index (χ3v) is 5.07. The molecule has 1 fully saturated rings. The molecule has 3 unspecified atom stereocenters. The molecule has 1 aliphatic carbocycles. The SMILES string of the molecule is CCC1CC(C)C(CNc2cccc3ccccc23)C1. The number of hydrogen-bond donors (Lipinski definition) is 1. The fraction of sp³-hybridized carbons (Fsp3) is 0.474. The van der Waals surface area contributed by atoms with Crippen LogP contribution in [0.15, 0.2) is 42.5 Å². The van der Waals surface area contributed by atoms with E-state index in [4.69, 9.17) is 0 Å². The van der Waals surface area contributed by atoms with Crippen molar-refractivity contribution in [2.75, 3.05) is 11.9 Å². The molecule has 1 heteroatoms. The van der Waals surface area contributed by atoms with Gasteiger partial charge in [-0.15, -0.1) is 0 Å². The third-order valence-electron chi connectivity index (χ3n) is 5.07. The van der Waals surface area contributed by atoms with Crippen molar-refractivity contribution in [3.8, 4) is 0 Å². The molecule has 1 aliphatic rings. The molecule has 1 saturated carbocycles. The second-order valence-corrected chi connectivity index (χ2v) is 6.39. The van der Waals surface area contributed by atoms with Crippen LogP contribution in [0.25, 0.3) is 10.8 Å². The number of anilines is 1. The van der Waals surface area contributed by atoms with E-state index >= 15 is 0 Å². The lowest BCUT2D eigenvalue weighted by Gasteiger charge is -2.18. The van der Waals surface area contributed by atoms with Gasteiger partial charge in [-0.05, 0) is 42.0 Å². The Kier molecular flexibility index (Phi) is 3.95. The summed E-state index contributed by atoms with van der Waals surface area (Å²) in [6.45, 7) is 5.87. The van der Waals surface area contributed by atoms with E-state index in [0.717, 1.165) is 24.3 Å². The van der Waals surface area contributed by atoms with Crippen molar-refractivity contribution in [1.29, 1.82) is 0 Å². The van der Waals surface area contributed by atoms with Gasteiger partial charge in [-0.3, -0.25) is 0 Å². The van der Waals surface area contributed by atoms with E-state index in [1.807, 2.05) is 0 Å². The first-order chi connectivity index (χ1) is 9.78. The summed E-state index contributed by atoms with van der Waals surface area (Å²) < 4.78 is 0. The molecule has 1 nitrogen and oxygen atoms in total. The summed E-state index contributed by atoms with van der Waals surface area (Å²) in [7, 11) is 0. The summed E-state index contributed by atoms with van der Waals surface area (Å²) >= 11 is 0. The first-order valence-electron chi connectivity index (χ1n) is 7.99. The van der Waals surface area contributed by atoms with Crippen LogP contribution in [0.3, 0.4) is 0 Å². The number of fused-ring (bicyclic) bond motifs is 1. The quantitative estimate of drug-likeness (QED) is 0.790. The number of hydrogen-bond acceptors (Lipinski definition) is 1. The van der Waals surface area contributed by atoms with Gasteiger partial charge in [-0.1, -0.05) is 56.7 Å². The minimum Gasteiger partial charge on any atom is -0.384 e. The van der Waals surface area contributed by atoms with Gasteiger partial charge in [-0.25, -0.2) is 0 Å². The summed E-state index contributed by atoms with van der Waals surface area (Å²) in [5.41, 5.74) is 1.29. The second kappa shape index (κ2) is 5.87. The number of rotatable bonds is 4. The smallest absolute Gasteiger partial charge is 0.0419 e. The Hall–Kier alpha value is -1.50. The van der Waals surface area contributed by atoms with Crippen molar-refractivity contribution in [3.63, 3.8) is 0 Å². The van der Waals surface area contributed by atoms with Crippen molar-refractivity contribution in [2.45, 2.75) is 33.1 Å². The van der Waals surface area contributed by atoms with Crippen molar-refractivity contribution < 1.29 is 0 Å². The molecular weight excluding hydrogens is 242 g/mol. The number of nitrogens with one attached hydrogen (secondary N) is 1. The van der Waals surface area contributed by atoms with Crippen molar-refractivity contribution in [2.24, 2.45) is 17.8 Å². The molecule has 0 bridgehead atoms. The van der Waals surface area contributed by atoms with Crippen molar-refractivity contribution in [1.82, 2.24) is 0 Å². The highest BCUT2D eigenvalue weighted by atomic mass is 14.9. The molecule has 0 spiro atoms. The van der Waals surface area contributed by atoms with Crippen LogP contribution in [0, 0.1) is 17.8 Å². The van der Waals surface area contributed by atoms with E-state index in [1.165, 1.54) is 35.7 Å². The lowest BCUT2D eigenvalue weighted by atomic mass is 9.98. The van der Waals surface area contributed by atoms with Gasteiger partial charge in [0.2, 0.25) is 0 Å². The molecule has 0 radical (unpaired) electrons. The van der Waals surface area contributed by atoms with E-state index in [9.17, 15) is 0 Å². The molecule has 1 N–H and O–H groups in total. The molecule has 0 heterocycles. The zero-order valence-corrected chi connectivity index (χ0v) is 12.6. The van der Waals surface area contributed by atoms with Gasteiger partial charge in [0.25, 0.3) is 0 Å². The van der Waals surface area contributed by atoms with Crippen LogP contribution in [-0.4, -0.2) is 6.54 Å². The highest BCUT2D eigenvalue weighted by Crippen LogP contribution is 2.38. The Bertz CT molecular complexity index is 569. The molecule has 3 rings (SSSR count). The van der Waals surface area contributed by atoms with Crippen LogP contribution in [0.2, 0.25) is 0 Å². The predicted octanol–water partition coefficient (Wildman–Crippen LogP) is 5.32. The average Bonchev–Trinajstić information content (AvgIpc) is 2.85. The van der Waals surface area contributed by atoms with E-state index in [2.05, 4.69) is 61.6 Å². The number of benzene rings is 2. The predicted molar refractivity (Wildman–Crippen MR) is 88.1 cm³/mol. The molecule has 2 aromatic carbocycles. The van der Waals surface area contributed by atoms with Gasteiger partial charge >= 0.3 is 0 Å². The summed E-state index contributed by atoms with van der Waals surface area (Å²) in [6.07, 6.45) is 4.16. The maximum Gasteiger partial charge on any atom is 0.0419 e. The van der Waals surface area contributed by atoms with Crippen LogP contribution in [0.5, 0.6) is 0 Å². The largest absolute Gasteiger partial charge is 0.384 e. The van der Waals surface area contributed by atoms with Gasteiger partial charge < -0.3 is 5.32 Å². The van der Waals surface area contributed by atoms with E-state index < -0.39 is 0 Å². The fourth-order valence-corrected chi connectivity index (χ4v) is 3.71. The van der Waals surface area contributed by atoms with Gasteiger partial charge in [0, 0.05) is 17.6 Å². The Morgan fingerprint density at radius 3 is 2.65 bits per heavy atom. The first kappa shape index (κ1) is 13.5. The molecule has 0 aliphatic heterocycles. The van der Waals surface area contributed by atoms with Gasteiger partial charge in [0.05, 0.1) is 0 Å². The van der Waals surface area contributed by atoms with Crippen LogP contribution in [0.1, 0.15) is 33.1 Å². The maximum atomic E-state index is 3.70. The monoisotopic (exact) mass is 267 g/mol. The van der Waals surface area contributed by atoms with Gasteiger partial charge in [0.15, 0.2) is 0 Å². The van der Waals surface area contributed by atoms with Crippen LogP contribution in [-0.2, 0) is 0 Å². The Morgan fingerprint density at radius 1 is 1.05 bits per heavy atom. The Labute approximate surface area is 122 Å². The minimum absolute atomic E-state index is 0.832. The zero-order chi connectivity index (χ0) is 13.9. The van der Waals surface area contributed by atoms with Crippen molar-refractivity contribution in [3.05, 3.63) is 42.5 Å². The maximum absolute atomic E-state index is 3.70. The third kappa shape index (κ3) is 2.67. The van der Waals surface area contributed by atoms with Gasteiger partial charge in [-0.2, -0.15) is 0 Å². The molecule has 0 saturated heterocycles. The van der Waals surface area contributed by atoms with E-state index in [0.29, 0.717) is 0 Å². The lowest BCUT2D eigenvalue weighted by Crippen LogP contribution is -2.16. The molecule has 0 aromatic heterocycles. The average molecular weight is 267 g/mol. The van der Waals surface area contributed by atoms with Crippen molar-refractivity contribution >= 4 is 16.5 Å². The molecule has 3 atom stereocenters. The van der Waals surface area contributed by atoms with E-state index in [-0.39, 0.29) is 0 Å². The summed E-state index contributed by atoms with van der Waals surface area (Å²) in [4.78, 5) is 0. The second-order valence-electron chi connectivity index (χ2n) is 6.39. The summed E-state index contributed by atoms with van der Waals surface area (Å²) in [5, 5.41) is 6.37. The van der Waals surface area contributed by atoms with Gasteiger partial charge in [0.1, 0.15) is 0 Å². The molecule has 20 heavy (non-hydrogen) atoms. The zero-order valence-electron chi connectivity index (χ0n) is 12.6. The Balaban J connectivity index is 1.71. The topological polar surface area (TPSA) is 12.0 Å². The highest BCUT2D eigenvalue weighted by molar-refractivity contribution is 5.93. The van der Waals surface area contributed by atoms with E-state index in [1.54, 1.807) is 0 Å². The summed E-state index contributed by atoms with van der Waals surface area (Å²) in [5.74, 6) is 2.64. The molecule has 2 aromatic rings. The lowest BCUT2D eigenvalue weighted by molar-refractivity contribution is 0.439. The Morgan fingerprint density at radius 2 is 1.85 bits per heavy atom. The standard InChI is InChI=1S/C19H25N/c1-3-15-11-14(2)17(12-15)13-20-19-10-6-8-16-7-4-5-9-18(16)19/h4-10,14-15,17,20H,3,11-13H2,1-2H3. The fourth-order valence-electron chi connectivity index (χ4n) is 3.71. The molecule has 106 valence electrons. The van der Waals surface area contributed by atoms with Crippen LogP contribution < -0.4 is 5.32 Å². The summed E-state index contributed by atoms with van der Waals surface area (Å²) in [6, 6.07) is 15.2. The molecular formula is C19H25N.